The number of carboxylic acids is 1. The lowest BCUT2D eigenvalue weighted by Gasteiger charge is -2.18. The van der Waals surface area contributed by atoms with Crippen LogP contribution in [-0.4, -0.2) is 31.3 Å². The second-order valence-electron chi connectivity index (χ2n) is 5.50. The van der Waals surface area contributed by atoms with Gasteiger partial charge in [0, 0.05) is 5.39 Å². The van der Waals surface area contributed by atoms with Crippen LogP contribution < -0.4 is 0 Å². The fraction of sp³-hybridized carbons (Fsp3) is 0.286. The number of aromatic nitrogens is 4. The van der Waals surface area contributed by atoms with Crippen molar-refractivity contribution in [1.29, 1.82) is 0 Å². The lowest BCUT2D eigenvalue weighted by Crippen LogP contribution is -2.30. The lowest BCUT2D eigenvalue weighted by molar-refractivity contribution is -0.147. The average Bonchev–Trinajstić information content (AvgIpc) is 3.03. The van der Waals surface area contributed by atoms with Gasteiger partial charge in [0.25, 0.3) is 0 Å². The number of carboxylic acid groups (broad SMARTS) is 1. The molecule has 7 heteroatoms. The molecule has 2 aromatic heterocycles. The minimum absolute atomic E-state index is 0.154. The molecule has 0 unspecified atom stereocenters. The number of rotatable bonds is 4. The minimum atomic E-state index is -0.976. The Morgan fingerprint density at radius 2 is 2.14 bits per heavy atom. The molecular weight excluding hydrogens is 272 g/mol. The molecule has 2 heterocycles. The van der Waals surface area contributed by atoms with Crippen LogP contribution in [0.4, 0.5) is 0 Å². The number of fused-ring (bicyclic) bond motifs is 1. The Morgan fingerprint density at radius 3 is 2.86 bits per heavy atom. The second kappa shape index (κ2) is 4.69. The highest BCUT2D eigenvalue weighted by atomic mass is 16.4. The number of tetrazole rings is 1. The van der Waals surface area contributed by atoms with Crippen LogP contribution in [0.2, 0.25) is 0 Å². The predicted octanol–water partition coefficient (Wildman–Crippen LogP) is 2.20. The lowest BCUT2D eigenvalue weighted by atomic mass is 9.94. The summed E-state index contributed by atoms with van der Waals surface area (Å²) in [4.78, 5) is 11.2. The van der Waals surface area contributed by atoms with Gasteiger partial charge in [-0.25, -0.2) is 4.68 Å². The first kappa shape index (κ1) is 13.3. The normalized spacial score (nSPS) is 11.9. The molecule has 108 valence electrons. The number of hydrogen-bond acceptors (Lipinski definition) is 5. The van der Waals surface area contributed by atoms with Gasteiger partial charge in [0.05, 0.1) is 12.0 Å². The SMILES string of the molecule is CC(C)(Cn1nnnc1-c1cc2ccccc2o1)C(=O)O. The van der Waals surface area contributed by atoms with Crippen molar-refractivity contribution < 1.29 is 14.3 Å². The van der Waals surface area contributed by atoms with Gasteiger partial charge >= 0.3 is 5.97 Å². The van der Waals surface area contributed by atoms with Gasteiger partial charge in [-0.05, 0) is 36.4 Å². The smallest absolute Gasteiger partial charge is 0.310 e. The highest BCUT2D eigenvalue weighted by Gasteiger charge is 2.30. The van der Waals surface area contributed by atoms with E-state index in [9.17, 15) is 9.90 Å². The maximum atomic E-state index is 11.2. The highest BCUT2D eigenvalue weighted by Crippen LogP contribution is 2.27. The van der Waals surface area contributed by atoms with Crippen molar-refractivity contribution >= 4 is 16.9 Å². The highest BCUT2D eigenvalue weighted by molar-refractivity contribution is 5.81. The number of para-hydroxylation sites is 1. The van der Waals surface area contributed by atoms with Crippen molar-refractivity contribution in [2.75, 3.05) is 0 Å². The predicted molar refractivity (Wildman–Crippen MR) is 74.4 cm³/mol. The quantitative estimate of drug-likeness (QED) is 0.790. The molecule has 3 rings (SSSR count). The Labute approximate surface area is 120 Å². The zero-order valence-electron chi connectivity index (χ0n) is 11.6. The summed E-state index contributed by atoms with van der Waals surface area (Å²) < 4.78 is 7.17. The van der Waals surface area contributed by atoms with E-state index >= 15 is 0 Å². The summed E-state index contributed by atoms with van der Waals surface area (Å²) in [6, 6.07) is 9.42. The maximum absolute atomic E-state index is 11.2. The van der Waals surface area contributed by atoms with Gasteiger partial charge in [-0.15, -0.1) is 5.10 Å². The third-order valence-electron chi connectivity index (χ3n) is 3.30. The van der Waals surface area contributed by atoms with Gasteiger partial charge in [0.2, 0.25) is 5.82 Å². The van der Waals surface area contributed by atoms with Crippen LogP contribution in [-0.2, 0) is 11.3 Å². The zero-order valence-corrected chi connectivity index (χ0v) is 11.6. The van der Waals surface area contributed by atoms with Crippen LogP contribution in [0.3, 0.4) is 0 Å². The van der Waals surface area contributed by atoms with Gasteiger partial charge < -0.3 is 9.52 Å². The summed E-state index contributed by atoms with van der Waals surface area (Å²) in [5.74, 6) is 0.0245. The van der Waals surface area contributed by atoms with Gasteiger partial charge in [-0.2, -0.15) is 0 Å². The van der Waals surface area contributed by atoms with Gasteiger partial charge in [-0.3, -0.25) is 4.79 Å². The average molecular weight is 286 g/mol. The molecule has 0 amide bonds. The summed E-state index contributed by atoms with van der Waals surface area (Å²) in [5.41, 5.74) is -0.240. The first-order valence-corrected chi connectivity index (χ1v) is 6.46. The van der Waals surface area contributed by atoms with Gasteiger partial charge in [-0.1, -0.05) is 18.2 Å². The molecule has 1 N–H and O–H groups in total. The van der Waals surface area contributed by atoms with E-state index in [1.165, 1.54) is 4.68 Å². The molecule has 0 aliphatic carbocycles. The Balaban J connectivity index is 2.00. The Morgan fingerprint density at radius 1 is 1.38 bits per heavy atom. The Bertz CT molecular complexity index is 770. The summed E-state index contributed by atoms with van der Waals surface area (Å²) >= 11 is 0. The van der Waals surface area contributed by atoms with Gasteiger partial charge in [0.1, 0.15) is 5.58 Å². The van der Waals surface area contributed by atoms with Crippen molar-refractivity contribution in [3.05, 3.63) is 30.3 Å². The van der Waals surface area contributed by atoms with Crippen LogP contribution in [0.15, 0.2) is 34.7 Å². The van der Waals surface area contributed by atoms with E-state index in [2.05, 4.69) is 15.5 Å². The molecule has 0 saturated heterocycles. The molecule has 0 fully saturated rings. The number of hydrogen-bond donors (Lipinski definition) is 1. The molecule has 0 atom stereocenters. The maximum Gasteiger partial charge on any atom is 0.310 e. The topological polar surface area (TPSA) is 94.0 Å². The number of furan rings is 1. The number of nitrogens with zero attached hydrogens (tertiary/aromatic N) is 4. The van der Waals surface area contributed by atoms with E-state index in [0.717, 1.165) is 11.0 Å². The zero-order chi connectivity index (χ0) is 15.0. The summed E-state index contributed by atoms with van der Waals surface area (Å²) in [7, 11) is 0. The van der Waals surface area contributed by atoms with E-state index in [-0.39, 0.29) is 6.54 Å². The van der Waals surface area contributed by atoms with Crippen LogP contribution in [0.5, 0.6) is 0 Å². The van der Waals surface area contributed by atoms with E-state index in [1.54, 1.807) is 13.8 Å². The summed E-state index contributed by atoms with van der Waals surface area (Å²) in [5, 5.41) is 21.6. The Hall–Kier alpha value is -2.70. The molecule has 0 saturated carbocycles. The molecule has 0 aliphatic rings. The molecule has 0 radical (unpaired) electrons. The fourth-order valence-corrected chi connectivity index (χ4v) is 2.02. The summed E-state index contributed by atoms with van der Waals surface area (Å²) in [6.07, 6.45) is 0. The van der Waals surface area contributed by atoms with Crippen molar-refractivity contribution in [2.45, 2.75) is 20.4 Å². The first-order chi connectivity index (χ1) is 9.97. The Kier molecular flexibility index (Phi) is 2.97. The van der Waals surface area contributed by atoms with Crippen molar-refractivity contribution in [2.24, 2.45) is 5.41 Å². The van der Waals surface area contributed by atoms with E-state index in [0.29, 0.717) is 11.6 Å². The van der Waals surface area contributed by atoms with Crippen molar-refractivity contribution in [3.8, 4) is 11.6 Å². The van der Waals surface area contributed by atoms with E-state index in [1.807, 2.05) is 30.3 Å². The third-order valence-corrected chi connectivity index (χ3v) is 3.30. The molecule has 0 aliphatic heterocycles. The van der Waals surface area contributed by atoms with Gasteiger partial charge in [0.15, 0.2) is 5.76 Å². The van der Waals surface area contributed by atoms with Crippen molar-refractivity contribution in [1.82, 2.24) is 20.2 Å². The first-order valence-electron chi connectivity index (χ1n) is 6.46. The molecule has 1 aromatic carbocycles. The fourth-order valence-electron chi connectivity index (χ4n) is 2.02. The van der Waals surface area contributed by atoms with Crippen LogP contribution in [0, 0.1) is 5.41 Å². The largest absolute Gasteiger partial charge is 0.481 e. The number of aliphatic carboxylic acids is 1. The number of carbonyl (C=O) groups is 1. The molecule has 0 spiro atoms. The molecule has 21 heavy (non-hydrogen) atoms. The second-order valence-corrected chi connectivity index (χ2v) is 5.50. The monoisotopic (exact) mass is 286 g/mol. The standard InChI is InChI=1S/C14H14N4O3/c1-14(2,13(19)20)8-18-12(15-16-17-18)11-7-9-5-3-4-6-10(9)21-11/h3-7H,8H2,1-2H3,(H,19,20). The van der Waals surface area contributed by atoms with E-state index < -0.39 is 11.4 Å². The molecule has 3 aromatic rings. The van der Waals surface area contributed by atoms with Crippen molar-refractivity contribution in [3.63, 3.8) is 0 Å². The van der Waals surface area contributed by atoms with Crippen LogP contribution in [0.25, 0.3) is 22.6 Å². The summed E-state index contributed by atoms with van der Waals surface area (Å²) in [6.45, 7) is 3.40. The molecular formula is C14H14N4O3. The third kappa shape index (κ3) is 2.37. The van der Waals surface area contributed by atoms with Crippen LogP contribution in [0.1, 0.15) is 13.8 Å². The van der Waals surface area contributed by atoms with E-state index in [4.69, 9.17) is 4.42 Å². The minimum Gasteiger partial charge on any atom is -0.481 e. The number of benzene rings is 1. The molecule has 0 bridgehead atoms. The molecule has 7 nitrogen and oxygen atoms in total. The van der Waals surface area contributed by atoms with Crippen LogP contribution >= 0.6 is 0 Å².